The highest BCUT2D eigenvalue weighted by molar-refractivity contribution is 5.92. The van der Waals surface area contributed by atoms with Crippen molar-refractivity contribution >= 4 is 11.7 Å². The Morgan fingerprint density at radius 2 is 2.37 bits per heavy atom. The van der Waals surface area contributed by atoms with Crippen molar-refractivity contribution in [1.82, 2.24) is 20.8 Å². The molecule has 6 nitrogen and oxygen atoms in total. The van der Waals surface area contributed by atoms with E-state index in [4.69, 9.17) is 0 Å². The summed E-state index contributed by atoms with van der Waals surface area (Å²) < 4.78 is 0. The number of aromatic nitrogens is 2. The fourth-order valence-electron chi connectivity index (χ4n) is 2.18. The molecule has 1 aromatic rings. The first-order valence-electron chi connectivity index (χ1n) is 6.88. The average Bonchev–Trinajstić information content (AvgIpc) is 2.93. The molecule has 0 aromatic carbocycles. The standard InChI is InChI=1S/C13H21N5O/c1-2-14-13(19)11-5-6-12(18-17-11)16-9-7-10-4-3-8-15-10/h5-6,10,15H,2-4,7-9H2,1H3,(H,14,19)(H,16,18)/t10-/m1/s1. The quantitative estimate of drug-likeness (QED) is 0.707. The first-order chi connectivity index (χ1) is 9.29. The molecule has 0 spiro atoms. The molecule has 104 valence electrons. The lowest BCUT2D eigenvalue weighted by Crippen LogP contribution is -2.25. The molecule has 3 N–H and O–H groups in total. The van der Waals surface area contributed by atoms with Gasteiger partial charge in [0.05, 0.1) is 0 Å². The van der Waals surface area contributed by atoms with Crippen LogP contribution in [-0.4, -0.2) is 41.8 Å². The number of carbonyl (C=O) groups excluding carboxylic acids is 1. The van der Waals surface area contributed by atoms with Crippen molar-refractivity contribution in [3.05, 3.63) is 17.8 Å². The first kappa shape index (κ1) is 13.7. The summed E-state index contributed by atoms with van der Waals surface area (Å²) in [7, 11) is 0. The molecular formula is C13H21N5O. The Labute approximate surface area is 113 Å². The Hall–Kier alpha value is -1.69. The van der Waals surface area contributed by atoms with Crippen LogP contribution in [0.5, 0.6) is 0 Å². The summed E-state index contributed by atoms with van der Waals surface area (Å²) in [6.45, 7) is 4.46. The zero-order valence-electron chi connectivity index (χ0n) is 11.3. The van der Waals surface area contributed by atoms with E-state index in [-0.39, 0.29) is 5.91 Å². The summed E-state index contributed by atoms with van der Waals surface area (Å²) in [4.78, 5) is 11.5. The van der Waals surface area contributed by atoms with Crippen LogP contribution in [0.2, 0.25) is 0 Å². The molecule has 1 aromatic heterocycles. The SMILES string of the molecule is CCNC(=O)c1ccc(NCC[C@H]2CCCN2)nn1. The van der Waals surface area contributed by atoms with Gasteiger partial charge in [-0.05, 0) is 44.9 Å². The minimum absolute atomic E-state index is 0.184. The molecule has 1 aliphatic heterocycles. The molecule has 6 heteroatoms. The van der Waals surface area contributed by atoms with E-state index in [9.17, 15) is 4.79 Å². The predicted molar refractivity (Wildman–Crippen MR) is 74.2 cm³/mol. The van der Waals surface area contributed by atoms with Gasteiger partial charge in [0.25, 0.3) is 5.91 Å². The van der Waals surface area contributed by atoms with Gasteiger partial charge in [0, 0.05) is 19.1 Å². The smallest absolute Gasteiger partial charge is 0.271 e. The maximum Gasteiger partial charge on any atom is 0.271 e. The molecule has 1 fully saturated rings. The number of hydrogen-bond acceptors (Lipinski definition) is 5. The monoisotopic (exact) mass is 263 g/mol. The van der Waals surface area contributed by atoms with Crippen LogP contribution in [0.25, 0.3) is 0 Å². The number of amides is 1. The average molecular weight is 263 g/mol. The number of nitrogens with one attached hydrogen (secondary N) is 3. The van der Waals surface area contributed by atoms with Gasteiger partial charge in [-0.2, -0.15) is 0 Å². The Balaban J connectivity index is 1.76. The number of anilines is 1. The Morgan fingerprint density at radius 3 is 3.00 bits per heavy atom. The highest BCUT2D eigenvalue weighted by Crippen LogP contribution is 2.09. The van der Waals surface area contributed by atoms with Gasteiger partial charge >= 0.3 is 0 Å². The summed E-state index contributed by atoms with van der Waals surface area (Å²) in [5.41, 5.74) is 0.352. The number of rotatable bonds is 6. The fourth-order valence-corrected chi connectivity index (χ4v) is 2.18. The Bertz CT molecular complexity index is 400. The van der Waals surface area contributed by atoms with E-state index in [1.165, 1.54) is 12.8 Å². The first-order valence-corrected chi connectivity index (χ1v) is 6.88. The molecule has 0 unspecified atom stereocenters. The minimum atomic E-state index is -0.184. The van der Waals surface area contributed by atoms with Crippen molar-refractivity contribution in [1.29, 1.82) is 0 Å². The molecule has 0 saturated carbocycles. The second-order valence-corrected chi connectivity index (χ2v) is 4.67. The van der Waals surface area contributed by atoms with Crippen LogP contribution in [0.1, 0.15) is 36.7 Å². The largest absolute Gasteiger partial charge is 0.369 e. The van der Waals surface area contributed by atoms with Crippen LogP contribution in [0, 0.1) is 0 Å². The van der Waals surface area contributed by atoms with Gasteiger partial charge in [0.1, 0.15) is 5.82 Å². The second-order valence-electron chi connectivity index (χ2n) is 4.67. The molecule has 19 heavy (non-hydrogen) atoms. The van der Waals surface area contributed by atoms with E-state index < -0.39 is 0 Å². The summed E-state index contributed by atoms with van der Waals surface area (Å²) in [6, 6.07) is 4.10. The fraction of sp³-hybridized carbons (Fsp3) is 0.615. The zero-order chi connectivity index (χ0) is 13.5. The van der Waals surface area contributed by atoms with E-state index in [1.54, 1.807) is 12.1 Å². The van der Waals surface area contributed by atoms with Crippen LogP contribution >= 0.6 is 0 Å². The van der Waals surface area contributed by atoms with Crippen molar-refractivity contribution in [3.8, 4) is 0 Å². The third-order valence-corrected chi connectivity index (χ3v) is 3.20. The van der Waals surface area contributed by atoms with Gasteiger partial charge in [0.15, 0.2) is 5.69 Å². The molecule has 2 heterocycles. The van der Waals surface area contributed by atoms with Crippen molar-refractivity contribution in [2.75, 3.05) is 25.0 Å². The highest BCUT2D eigenvalue weighted by atomic mass is 16.1. The van der Waals surface area contributed by atoms with Gasteiger partial charge in [-0.3, -0.25) is 4.79 Å². The minimum Gasteiger partial charge on any atom is -0.369 e. The third-order valence-electron chi connectivity index (χ3n) is 3.20. The maximum absolute atomic E-state index is 11.5. The summed E-state index contributed by atoms with van der Waals surface area (Å²) in [6.07, 6.45) is 3.61. The highest BCUT2D eigenvalue weighted by Gasteiger charge is 2.13. The molecule has 1 atom stereocenters. The molecule has 1 aliphatic rings. The number of carbonyl (C=O) groups is 1. The van der Waals surface area contributed by atoms with Crippen molar-refractivity contribution < 1.29 is 4.79 Å². The Kier molecular flexibility index (Phi) is 5.09. The third kappa shape index (κ3) is 4.17. The topological polar surface area (TPSA) is 78.9 Å². The van der Waals surface area contributed by atoms with E-state index in [2.05, 4.69) is 26.1 Å². The lowest BCUT2D eigenvalue weighted by atomic mass is 10.1. The molecular weight excluding hydrogens is 242 g/mol. The van der Waals surface area contributed by atoms with Gasteiger partial charge in [-0.15, -0.1) is 10.2 Å². The van der Waals surface area contributed by atoms with E-state index in [0.29, 0.717) is 24.1 Å². The lowest BCUT2D eigenvalue weighted by Gasteiger charge is -2.10. The van der Waals surface area contributed by atoms with Gasteiger partial charge < -0.3 is 16.0 Å². The molecule has 2 rings (SSSR count). The summed E-state index contributed by atoms with van der Waals surface area (Å²) in [5, 5.41) is 17.3. The normalized spacial score (nSPS) is 18.3. The van der Waals surface area contributed by atoms with Crippen molar-refractivity contribution in [3.63, 3.8) is 0 Å². The molecule has 0 bridgehead atoms. The van der Waals surface area contributed by atoms with E-state index in [0.717, 1.165) is 19.5 Å². The van der Waals surface area contributed by atoms with Crippen LogP contribution in [0.4, 0.5) is 5.82 Å². The summed E-state index contributed by atoms with van der Waals surface area (Å²) in [5.74, 6) is 0.530. The van der Waals surface area contributed by atoms with Crippen LogP contribution in [0.3, 0.4) is 0 Å². The zero-order valence-corrected chi connectivity index (χ0v) is 11.3. The van der Waals surface area contributed by atoms with Crippen molar-refractivity contribution in [2.45, 2.75) is 32.2 Å². The van der Waals surface area contributed by atoms with Gasteiger partial charge in [-0.1, -0.05) is 0 Å². The maximum atomic E-state index is 11.5. The van der Waals surface area contributed by atoms with Crippen LogP contribution < -0.4 is 16.0 Å². The van der Waals surface area contributed by atoms with Crippen LogP contribution in [-0.2, 0) is 0 Å². The molecule has 0 aliphatic carbocycles. The second kappa shape index (κ2) is 7.04. The van der Waals surface area contributed by atoms with Gasteiger partial charge in [0.2, 0.25) is 0 Å². The number of hydrogen-bond donors (Lipinski definition) is 3. The summed E-state index contributed by atoms with van der Waals surface area (Å²) >= 11 is 0. The van der Waals surface area contributed by atoms with Crippen molar-refractivity contribution in [2.24, 2.45) is 0 Å². The molecule has 0 radical (unpaired) electrons. The van der Waals surface area contributed by atoms with E-state index in [1.807, 2.05) is 6.92 Å². The van der Waals surface area contributed by atoms with Crippen LogP contribution in [0.15, 0.2) is 12.1 Å². The van der Waals surface area contributed by atoms with Gasteiger partial charge in [-0.25, -0.2) is 0 Å². The van der Waals surface area contributed by atoms with E-state index >= 15 is 0 Å². The predicted octanol–water partition coefficient (Wildman–Crippen LogP) is 0.780. The number of nitrogens with zero attached hydrogens (tertiary/aromatic N) is 2. The lowest BCUT2D eigenvalue weighted by molar-refractivity contribution is 0.0950. The molecule has 1 amide bonds. The molecule has 1 saturated heterocycles. The Morgan fingerprint density at radius 1 is 1.47 bits per heavy atom.